The normalized spacial score (nSPS) is 20.5. The number of benzene rings is 1. The second-order valence-corrected chi connectivity index (χ2v) is 5.84. The fourth-order valence-corrected chi connectivity index (χ4v) is 2.76. The molecule has 0 aromatic heterocycles. The van der Waals surface area contributed by atoms with E-state index in [1.807, 2.05) is 0 Å². The van der Waals surface area contributed by atoms with Crippen LogP contribution in [0, 0.1) is 5.41 Å². The maximum Gasteiger partial charge on any atom is 0.317 e. The molecule has 7 heteroatoms. The lowest BCUT2D eigenvalue weighted by Gasteiger charge is -2.23. The summed E-state index contributed by atoms with van der Waals surface area (Å²) < 4.78 is 5.01. The molecule has 126 valence electrons. The van der Waals surface area contributed by atoms with Crippen LogP contribution in [0.15, 0.2) is 24.3 Å². The minimum absolute atomic E-state index is 0.0968. The zero-order chi connectivity index (χ0) is 16.9. The third kappa shape index (κ3) is 4.13. The van der Waals surface area contributed by atoms with E-state index in [0.29, 0.717) is 25.9 Å². The highest BCUT2D eigenvalue weighted by Crippen LogP contribution is 2.31. The van der Waals surface area contributed by atoms with Gasteiger partial charge in [0, 0.05) is 26.7 Å². The third-order valence-corrected chi connectivity index (χ3v) is 4.14. The Hall–Kier alpha value is -2.28. The maximum atomic E-state index is 12.1. The number of hydrogen-bond donors (Lipinski definition) is 3. The van der Waals surface area contributed by atoms with Crippen LogP contribution in [-0.4, -0.2) is 60.5 Å². The molecule has 1 heterocycles. The van der Waals surface area contributed by atoms with Crippen LogP contribution in [0.2, 0.25) is 0 Å². The molecule has 1 unspecified atom stereocenters. The number of aliphatic carboxylic acids is 1. The molecule has 1 atom stereocenters. The van der Waals surface area contributed by atoms with Gasteiger partial charge in [0.1, 0.15) is 11.2 Å². The van der Waals surface area contributed by atoms with E-state index in [0.717, 1.165) is 5.56 Å². The van der Waals surface area contributed by atoms with E-state index in [9.17, 15) is 19.8 Å². The molecular weight excluding hydrogens is 300 g/mol. The van der Waals surface area contributed by atoms with Crippen molar-refractivity contribution >= 4 is 12.0 Å². The molecule has 0 spiro atoms. The van der Waals surface area contributed by atoms with Gasteiger partial charge in [-0.15, -0.1) is 0 Å². The highest BCUT2D eigenvalue weighted by molar-refractivity contribution is 5.79. The van der Waals surface area contributed by atoms with Crippen LogP contribution >= 0.6 is 0 Å². The van der Waals surface area contributed by atoms with Gasteiger partial charge in [0.05, 0.1) is 6.61 Å². The van der Waals surface area contributed by atoms with Crippen LogP contribution in [0.3, 0.4) is 0 Å². The summed E-state index contributed by atoms with van der Waals surface area (Å²) in [6, 6.07) is 6.53. The molecule has 0 aliphatic carbocycles. The Labute approximate surface area is 134 Å². The van der Waals surface area contributed by atoms with Gasteiger partial charge in [-0.2, -0.15) is 0 Å². The number of urea groups is 1. The molecule has 0 bridgehead atoms. The van der Waals surface area contributed by atoms with Gasteiger partial charge in [-0.05, 0) is 30.5 Å². The summed E-state index contributed by atoms with van der Waals surface area (Å²) in [5, 5.41) is 21.4. The Morgan fingerprint density at radius 1 is 1.35 bits per heavy atom. The van der Waals surface area contributed by atoms with Crippen molar-refractivity contribution in [2.75, 3.05) is 33.4 Å². The monoisotopic (exact) mass is 322 g/mol. The second-order valence-electron chi connectivity index (χ2n) is 5.84. The van der Waals surface area contributed by atoms with Gasteiger partial charge < -0.3 is 25.2 Å². The van der Waals surface area contributed by atoms with E-state index in [1.54, 1.807) is 24.3 Å². The van der Waals surface area contributed by atoms with Crippen molar-refractivity contribution in [1.29, 1.82) is 0 Å². The topological polar surface area (TPSA) is 99.1 Å². The number of nitrogens with one attached hydrogen (secondary N) is 1. The fraction of sp³-hybridized carbons (Fsp3) is 0.500. The quantitative estimate of drug-likeness (QED) is 0.727. The number of rotatable bonds is 6. The summed E-state index contributed by atoms with van der Waals surface area (Å²) in [6.45, 7) is 1.10. The van der Waals surface area contributed by atoms with Gasteiger partial charge in [-0.25, -0.2) is 4.79 Å². The summed E-state index contributed by atoms with van der Waals surface area (Å²) in [6.07, 6.45) is 1.03. The van der Waals surface area contributed by atoms with Crippen molar-refractivity contribution in [2.24, 2.45) is 5.41 Å². The van der Waals surface area contributed by atoms with E-state index in [1.165, 1.54) is 12.0 Å². The van der Waals surface area contributed by atoms with Crippen molar-refractivity contribution in [3.63, 3.8) is 0 Å². The molecule has 1 aliphatic rings. The third-order valence-electron chi connectivity index (χ3n) is 4.14. The lowest BCUT2D eigenvalue weighted by atomic mass is 9.88. The zero-order valence-electron chi connectivity index (χ0n) is 13.1. The molecule has 1 aromatic rings. The number of carboxylic acids is 1. The van der Waals surface area contributed by atoms with E-state index < -0.39 is 11.4 Å². The van der Waals surface area contributed by atoms with Crippen molar-refractivity contribution in [1.82, 2.24) is 10.2 Å². The first kappa shape index (κ1) is 17.1. The summed E-state index contributed by atoms with van der Waals surface area (Å²) >= 11 is 0. The predicted molar refractivity (Wildman–Crippen MR) is 83.3 cm³/mol. The van der Waals surface area contributed by atoms with Crippen LogP contribution in [0.5, 0.6) is 5.75 Å². The molecule has 1 aliphatic heterocycles. The second kappa shape index (κ2) is 7.32. The first-order valence-electron chi connectivity index (χ1n) is 7.50. The minimum Gasteiger partial charge on any atom is -0.508 e. The van der Waals surface area contributed by atoms with Crippen LogP contribution in [-0.2, 0) is 16.0 Å². The Morgan fingerprint density at radius 3 is 2.65 bits per heavy atom. The molecule has 1 saturated heterocycles. The number of carboxylic acid groups (broad SMARTS) is 1. The number of phenols is 1. The largest absolute Gasteiger partial charge is 0.508 e. The Morgan fingerprint density at radius 2 is 2.04 bits per heavy atom. The first-order chi connectivity index (χ1) is 11.0. The molecule has 7 nitrogen and oxygen atoms in total. The van der Waals surface area contributed by atoms with Crippen molar-refractivity contribution in [2.45, 2.75) is 12.8 Å². The summed E-state index contributed by atoms with van der Waals surface area (Å²) in [4.78, 5) is 25.1. The minimum atomic E-state index is -1.01. The molecule has 3 N–H and O–H groups in total. The Bertz CT molecular complexity index is 560. The lowest BCUT2D eigenvalue weighted by molar-refractivity contribution is -0.151. The van der Waals surface area contributed by atoms with E-state index >= 15 is 0 Å². The fourth-order valence-electron chi connectivity index (χ4n) is 2.76. The van der Waals surface area contributed by atoms with Crippen LogP contribution in [0.1, 0.15) is 12.0 Å². The number of carbonyl (C=O) groups is 2. The van der Waals surface area contributed by atoms with Crippen LogP contribution in [0.25, 0.3) is 0 Å². The van der Waals surface area contributed by atoms with Crippen LogP contribution in [0.4, 0.5) is 4.79 Å². The van der Waals surface area contributed by atoms with Gasteiger partial charge in [0.2, 0.25) is 0 Å². The van der Waals surface area contributed by atoms with Crippen molar-refractivity contribution in [3.05, 3.63) is 29.8 Å². The molecule has 1 fully saturated rings. The van der Waals surface area contributed by atoms with Gasteiger partial charge >= 0.3 is 12.0 Å². The number of nitrogens with zero attached hydrogens (tertiary/aromatic N) is 1. The average molecular weight is 322 g/mol. The maximum absolute atomic E-state index is 12.1. The molecule has 0 radical (unpaired) electrons. The number of aromatic hydroxyl groups is 1. The van der Waals surface area contributed by atoms with Gasteiger partial charge in [0.15, 0.2) is 0 Å². The van der Waals surface area contributed by atoms with E-state index in [4.69, 9.17) is 4.74 Å². The zero-order valence-corrected chi connectivity index (χ0v) is 13.1. The van der Waals surface area contributed by atoms with E-state index in [2.05, 4.69) is 5.32 Å². The Kier molecular flexibility index (Phi) is 5.44. The number of phenolic OH excluding ortho intramolecular Hbond substituents is 1. The Balaban J connectivity index is 1.82. The molecule has 1 aromatic carbocycles. The molecule has 23 heavy (non-hydrogen) atoms. The summed E-state index contributed by atoms with van der Waals surface area (Å²) in [5.74, 6) is -0.725. The van der Waals surface area contributed by atoms with Gasteiger partial charge in [0.25, 0.3) is 0 Å². The lowest BCUT2D eigenvalue weighted by Crippen LogP contribution is -2.43. The SMILES string of the molecule is COCC1(C(=O)O)CCN(C(=O)NCCc2ccc(O)cc2)C1. The van der Waals surface area contributed by atoms with Crippen molar-refractivity contribution in [3.8, 4) is 5.75 Å². The number of hydrogen-bond acceptors (Lipinski definition) is 4. The summed E-state index contributed by atoms with van der Waals surface area (Å²) in [7, 11) is 1.46. The molecule has 2 amide bonds. The average Bonchev–Trinajstić information content (AvgIpc) is 2.95. The molecule has 2 rings (SSSR count). The van der Waals surface area contributed by atoms with E-state index in [-0.39, 0.29) is 24.9 Å². The molecular formula is C16H22N2O5. The van der Waals surface area contributed by atoms with Crippen molar-refractivity contribution < 1.29 is 24.5 Å². The number of amides is 2. The first-order valence-corrected chi connectivity index (χ1v) is 7.50. The number of ether oxygens (including phenoxy) is 1. The number of likely N-dealkylation sites (tertiary alicyclic amines) is 1. The van der Waals surface area contributed by atoms with Gasteiger partial charge in [-0.3, -0.25) is 4.79 Å². The predicted octanol–water partition coefficient (Wildman–Crippen LogP) is 1.07. The summed E-state index contributed by atoms with van der Waals surface area (Å²) in [5.41, 5.74) is -0.00736. The number of carbonyl (C=O) groups excluding carboxylic acids is 1. The van der Waals surface area contributed by atoms with Crippen LogP contribution < -0.4 is 5.32 Å². The smallest absolute Gasteiger partial charge is 0.317 e. The standard InChI is InChI=1S/C16H22N2O5/c1-23-11-16(14(20)21)7-9-18(10-16)15(22)17-8-6-12-2-4-13(19)5-3-12/h2-5,19H,6-11H2,1H3,(H,17,22)(H,20,21). The number of methoxy groups -OCH3 is 1. The highest BCUT2D eigenvalue weighted by Gasteiger charge is 2.46. The highest BCUT2D eigenvalue weighted by atomic mass is 16.5. The van der Waals surface area contributed by atoms with Gasteiger partial charge in [-0.1, -0.05) is 12.1 Å². The molecule has 0 saturated carbocycles.